The van der Waals surface area contributed by atoms with E-state index in [2.05, 4.69) is 41.0 Å². The zero-order valence-electron chi connectivity index (χ0n) is 15.0. The van der Waals surface area contributed by atoms with Crippen LogP contribution in [0.15, 0.2) is 30.3 Å². The van der Waals surface area contributed by atoms with Gasteiger partial charge in [-0.05, 0) is 32.8 Å². The molecule has 1 aromatic carbocycles. The van der Waals surface area contributed by atoms with Gasteiger partial charge >= 0.3 is 0 Å². The number of aryl methyl sites for hydroxylation is 1. The van der Waals surface area contributed by atoms with Gasteiger partial charge in [0.05, 0.1) is 4.92 Å². The van der Waals surface area contributed by atoms with Crippen molar-refractivity contribution in [1.82, 2.24) is 9.97 Å². The molecular weight excluding hydrogens is 318 g/mol. The maximum atomic E-state index is 10.9. The minimum Gasteiger partial charge on any atom is -0.357 e. The molecule has 0 bridgehead atoms. The monoisotopic (exact) mass is 343 g/mol. The van der Waals surface area contributed by atoms with Crippen LogP contribution < -0.4 is 10.2 Å². The van der Waals surface area contributed by atoms with Crippen molar-refractivity contribution in [2.24, 2.45) is 0 Å². The highest BCUT2D eigenvalue weighted by Crippen LogP contribution is 2.22. The zero-order valence-corrected chi connectivity index (χ0v) is 15.0. The van der Waals surface area contributed by atoms with Gasteiger partial charge in [0.15, 0.2) is 0 Å². The Labute approximate surface area is 148 Å². The molecule has 2 rings (SSSR count). The Morgan fingerprint density at radius 2 is 1.92 bits per heavy atom. The van der Waals surface area contributed by atoms with Gasteiger partial charge in [-0.25, -0.2) is 4.98 Å². The quantitative estimate of drug-likeness (QED) is 0.539. The van der Waals surface area contributed by atoms with Crippen molar-refractivity contribution in [1.29, 1.82) is 0 Å². The third-order valence-electron chi connectivity index (χ3n) is 3.95. The summed E-state index contributed by atoms with van der Waals surface area (Å²) in [6.45, 7) is 8.04. The molecule has 0 aliphatic rings. The molecule has 0 saturated carbocycles. The van der Waals surface area contributed by atoms with E-state index in [9.17, 15) is 10.1 Å². The van der Waals surface area contributed by atoms with Crippen LogP contribution in [0.1, 0.15) is 39.3 Å². The van der Waals surface area contributed by atoms with E-state index in [1.54, 1.807) is 12.1 Å². The van der Waals surface area contributed by atoms with Crippen LogP contribution in [0, 0.1) is 10.1 Å². The minimum atomic E-state index is -0.412. The first-order valence-electron chi connectivity index (χ1n) is 8.71. The van der Waals surface area contributed by atoms with Crippen LogP contribution in [-0.2, 0) is 6.42 Å². The summed E-state index contributed by atoms with van der Waals surface area (Å²) in [7, 11) is 0. The first-order valence-corrected chi connectivity index (χ1v) is 8.71. The number of hydrogen-bond donors (Lipinski definition) is 1. The second-order valence-electron chi connectivity index (χ2n) is 5.75. The second kappa shape index (κ2) is 8.96. The van der Waals surface area contributed by atoms with Crippen molar-refractivity contribution in [2.45, 2.75) is 40.0 Å². The highest BCUT2D eigenvalue weighted by molar-refractivity contribution is 5.59. The summed E-state index contributed by atoms with van der Waals surface area (Å²) in [6, 6.07) is 8.39. The van der Waals surface area contributed by atoms with Crippen molar-refractivity contribution in [3.63, 3.8) is 0 Å². The molecule has 25 heavy (non-hydrogen) atoms. The largest absolute Gasteiger partial charge is 0.357 e. The van der Waals surface area contributed by atoms with Crippen LogP contribution in [0.3, 0.4) is 0 Å². The first-order chi connectivity index (χ1) is 12.1. The molecule has 0 aliphatic carbocycles. The van der Waals surface area contributed by atoms with Crippen molar-refractivity contribution >= 4 is 23.1 Å². The zero-order chi connectivity index (χ0) is 18.2. The van der Waals surface area contributed by atoms with Crippen LogP contribution in [0.2, 0.25) is 0 Å². The molecule has 1 heterocycles. The first kappa shape index (κ1) is 18.6. The number of nitro groups is 1. The fourth-order valence-corrected chi connectivity index (χ4v) is 2.56. The lowest BCUT2D eigenvalue weighted by atomic mass is 10.2. The number of unbranched alkanes of at least 4 members (excludes halogenated alkanes) is 1. The van der Waals surface area contributed by atoms with E-state index in [1.807, 2.05) is 6.07 Å². The maximum Gasteiger partial charge on any atom is 0.271 e. The molecule has 0 amide bonds. The Kier molecular flexibility index (Phi) is 6.68. The van der Waals surface area contributed by atoms with Crippen LogP contribution in [0.4, 0.5) is 23.1 Å². The number of nitrogens with one attached hydrogen (secondary N) is 1. The number of non-ortho nitro benzene ring substituents is 1. The van der Waals surface area contributed by atoms with Crippen LogP contribution >= 0.6 is 0 Å². The molecule has 7 heteroatoms. The molecule has 0 unspecified atom stereocenters. The van der Waals surface area contributed by atoms with Gasteiger partial charge in [-0.2, -0.15) is 4.98 Å². The molecule has 0 spiro atoms. The Morgan fingerprint density at radius 3 is 2.56 bits per heavy atom. The molecule has 0 aliphatic heterocycles. The summed E-state index contributed by atoms with van der Waals surface area (Å²) in [5.41, 5.74) is 1.62. The topological polar surface area (TPSA) is 84.2 Å². The molecule has 0 radical (unpaired) electrons. The van der Waals surface area contributed by atoms with Crippen molar-refractivity contribution < 1.29 is 4.92 Å². The number of benzene rings is 1. The number of rotatable bonds is 9. The third-order valence-corrected chi connectivity index (χ3v) is 3.95. The number of nitro benzene ring substituents is 1. The smallest absolute Gasteiger partial charge is 0.271 e. The molecule has 1 N–H and O–H groups in total. The third kappa shape index (κ3) is 5.14. The fraction of sp³-hybridized carbons (Fsp3) is 0.444. The molecule has 0 saturated heterocycles. The van der Waals surface area contributed by atoms with E-state index in [1.165, 1.54) is 12.1 Å². The Bertz CT molecular complexity index is 716. The lowest BCUT2D eigenvalue weighted by Crippen LogP contribution is -2.23. The van der Waals surface area contributed by atoms with Gasteiger partial charge in [-0.3, -0.25) is 10.1 Å². The normalized spacial score (nSPS) is 10.5. The molecule has 0 fully saturated rings. The SMILES string of the molecule is CCCCc1cc(N(CC)CC)nc(Nc2cccc([N+](=O)[O-])c2)n1. The Hall–Kier alpha value is -2.70. The Morgan fingerprint density at radius 1 is 1.16 bits per heavy atom. The highest BCUT2D eigenvalue weighted by atomic mass is 16.6. The number of nitrogens with zero attached hydrogens (tertiary/aromatic N) is 4. The number of aromatic nitrogens is 2. The van der Waals surface area contributed by atoms with Crippen molar-refractivity contribution in [3.8, 4) is 0 Å². The lowest BCUT2D eigenvalue weighted by Gasteiger charge is -2.21. The Balaban J connectivity index is 2.33. The number of anilines is 3. The van der Waals surface area contributed by atoms with E-state index < -0.39 is 4.92 Å². The molecule has 0 atom stereocenters. The van der Waals surface area contributed by atoms with Gasteiger partial charge < -0.3 is 10.2 Å². The second-order valence-corrected chi connectivity index (χ2v) is 5.75. The average molecular weight is 343 g/mol. The summed E-state index contributed by atoms with van der Waals surface area (Å²) in [5.74, 6) is 1.34. The summed E-state index contributed by atoms with van der Waals surface area (Å²) < 4.78 is 0. The van der Waals surface area contributed by atoms with Gasteiger partial charge in [0, 0.05) is 42.7 Å². The lowest BCUT2D eigenvalue weighted by molar-refractivity contribution is -0.384. The summed E-state index contributed by atoms with van der Waals surface area (Å²) >= 11 is 0. The van der Waals surface area contributed by atoms with E-state index >= 15 is 0 Å². The molecule has 1 aromatic heterocycles. The van der Waals surface area contributed by atoms with Gasteiger partial charge in [-0.15, -0.1) is 0 Å². The van der Waals surface area contributed by atoms with E-state index in [0.717, 1.165) is 43.9 Å². The summed E-state index contributed by atoms with van der Waals surface area (Å²) in [4.78, 5) is 21.8. The predicted octanol–water partition coefficient (Wildman–Crippen LogP) is 4.32. The van der Waals surface area contributed by atoms with Gasteiger partial charge in [0.25, 0.3) is 5.69 Å². The maximum absolute atomic E-state index is 10.9. The fourth-order valence-electron chi connectivity index (χ4n) is 2.56. The van der Waals surface area contributed by atoms with E-state index in [-0.39, 0.29) is 5.69 Å². The van der Waals surface area contributed by atoms with E-state index in [0.29, 0.717) is 11.6 Å². The minimum absolute atomic E-state index is 0.0381. The molecule has 7 nitrogen and oxygen atoms in total. The summed E-state index contributed by atoms with van der Waals surface area (Å²) in [6.07, 6.45) is 3.04. The van der Waals surface area contributed by atoms with Crippen LogP contribution in [0.5, 0.6) is 0 Å². The van der Waals surface area contributed by atoms with Crippen molar-refractivity contribution in [3.05, 3.63) is 46.1 Å². The molecular formula is C18H25N5O2. The highest BCUT2D eigenvalue weighted by Gasteiger charge is 2.11. The standard InChI is InChI=1S/C18H25N5O2/c1-4-7-9-15-13-17(22(5-2)6-3)21-18(20-15)19-14-10-8-11-16(12-14)23(24)25/h8,10-13H,4-7,9H2,1-3H3,(H,19,20,21). The van der Waals surface area contributed by atoms with Crippen LogP contribution in [0.25, 0.3) is 0 Å². The van der Waals surface area contributed by atoms with Gasteiger partial charge in [-0.1, -0.05) is 19.4 Å². The van der Waals surface area contributed by atoms with Gasteiger partial charge in [0.1, 0.15) is 5.82 Å². The van der Waals surface area contributed by atoms with Gasteiger partial charge in [0.2, 0.25) is 5.95 Å². The molecule has 2 aromatic rings. The van der Waals surface area contributed by atoms with Crippen LogP contribution in [-0.4, -0.2) is 28.0 Å². The number of hydrogen-bond acceptors (Lipinski definition) is 6. The van der Waals surface area contributed by atoms with E-state index in [4.69, 9.17) is 0 Å². The average Bonchev–Trinajstić information content (AvgIpc) is 2.61. The van der Waals surface area contributed by atoms with Crippen molar-refractivity contribution in [2.75, 3.05) is 23.3 Å². The predicted molar refractivity (Wildman–Crippen MR) is 101 cm³/mol. The summed E-state index contributed by atoms with van der Waals surface area (Å²) in [5, 5.41) is 14.0. The molecule has 134 valence electrons.